The Bertz CT molecular complexity index is 682. The number of benzene rings is 1. The van der Waals surface area contributed by atoms with Crippen molar-refractivity contribution in [3.8, 4) is 5.69 Å². The number of hydrogen-bond acceptors (Lipinski definition) is 3. The molecule has 23 heavy (non-hydrogen) atoms. The van der Waals surface area contributed by atoms with Gasteiger partial charge in [0.1, 0.15) is 0 Å². The van der Waals surface area contributed by atoms with Gasteiger partial charge in [-0.25, -0.2) is 4.68 Å². The van der Waals surface area contributed by atoms with Gasteiger partial charge in [0.2, 0.25) is 0 Å². The predicted molar refractivity (Wildman–Crippen MR) is 93.2 cm³/mol. The fourth-order valence-corrected chi connectivity index (χ4v) is 2.93. The van der Waals surface area contributed by atoms with Gasteiger partial charge in [0.25, 0.3) is 5.91 Å². The maximum absolute atomic E-state index is 12.6. The lowest BCUT2D eigenvalue weighted by Gasteiger charge is -2.22. The van der Waals surface area contributed by atoms with E-state index in [1.54, 1.807) is 6.20 Å². The van der Waals surface area contributed by atoms with Gasteiger partial charge in [0.05, 0.1) is 5.69 Å². The van der Waals surface area contributed by atoms with E-state index in [2.05, 4.69) is 12.0 Å². The number of carbonyl (C=O) groups is 1. The summed E-state index contributed by atoms with van der Waals surface area (Å²) in [4.78, 5) is 14.5. The number of aromatic nitrogens is 2. The van der Waals surface area contributed by atoms with Crippen LogP contribution in [0, 0.1) is 12.3 Å². The standard InChI is InChI=1S/C17H22N4O.ClH/c1-13-7-9-19-21(13)15-5-3-14(4-6-15)16(22)20-10-8-17(2,11-18)12-20;/h3-7,9H,8,10-12,18H2,1-2H3;1H. The summed E-state index contributed by atoms with van der Waals surface area (Å²) in [6.07, 6.45) is 2.74. The molecule has 1 fully saturated rings. The highest BCUT2D eigenvalue weighted by Crippen LogP contribution is 2.29. The summed E-state index contributed by atoms with van der Waals surface area (Å²) in [7, 11) is 0. The van der Waals surface area contributed by atoms with Gasteiger partial charge in [-0.2, -0.15) is 5.10 Å². The van der Waals surface area contributed by atoms with Gasteiger partial charge in [-0.05, 0) is 55.6 Å². The molecule has 1 atom stereocenters. The van der Waals surface area contributed by atoms with Gasteiger partial charge < -0.3 is 10.6 Å². The first-order valence-corrected chi connectivity index (χ1v) is 7.63. The van der Waals surface area contributed by atoms with E-state index >= 15 is 0 Å². The Kier molecular flexibility index (Phi) is 5.12. The molecule has 6 heteroatoms. The number of nitrogens with two attached hydrogens (primary N) is 1. The summed E-state index contributed by atoms with van der Waals surface area (Å²) < 4.78 is 1.86. The van der Waals surface area contributed by atoms with Crippen molar-refractivity contribution in [1.29, 1.82) is 0 Å². The van der Waals surface area contributed by atoms with Crippen molar-refractivity contribution in [1.82, 2.24) is 14.7 Å². The summed E-state index contributed by atoms with van der Waals surface area (Å²) >= 11 is 0. The minimum Gasteiger partial charge on any atom is -0.338 e. The Morgan fingerprint density at radius 2 is 2.00 bits per heavy atom. The second kappa shape index (κ2) is 6.72. The predicted octanol–water partition coefficient (Wildman–Crippen LogP) is 2.41. The zero-order valence-corrected chi connectivity index (χ0v) is 14.3. The summed E-state index contributed by atoms with van der Waals surface area (Å²) in [5.74, 6) is 0.0842. The van der Waals surface area contributed by atoms with Crippen LogP contribution in [0.15, 0.2) is 36.5 Å². The maximum atomic E-state index is 12.6. The largest absolute Gasteiger partial charge is 0.338 e. The zero-order chi connectivity index (χ0) is 15.7. The molecule has 0 radical (unpaired) electrons. The van der Waals surface area contributed by atoms with Crippen molar-refractivity contribution < 1.29 is 4.79 Å². The lowest BCUT2D eigenvalue weighted by molar-refractivity contribution is 0.0777. The third-order valence-electron chi connectivity index (χ3n) is 4.53. The molecule has 3 rings (SSSR count). The van der Waals surface area contributed by atoms with Crippen LogP contribution in [0.2, 0.25) is 0 Å². The van der Waals surface area contributed by atoms with Gasteiger partial charge in [-0.3, -0.25) is 4.79 Å². The van der Waals surface area contributed by atoms with Crippen LogP contribution in [-0.4, -0.2) is 40.2 Å². The number of rotatable bonds is 3. The second-order valence-corrected chi connectivity index (χ2v) is 6.42. The van der Waals surface area contributed by atoms with Gasteiger partial charge in [0.15, 0.2) is 0 Å². The van der Waals surface area contributed by atoms with Gasteiger partial charge in [0, 0.05) is 30.5 Å². The second-order valence-electron chi connectivity index (χ2n) is 6.42. The molecule has 0 aliphatic carbocycles. The van der Waals surface area contributed by atoms with Crippen molar-refractivity contribution in [3.05, 3.63) is 47.8 Å². The van der Waals surface area contributed by atoms with Crippen LogP contribution >= 0.6 is 12.4 Å². The fourth-order valence-electron chi connectivity index (χ4n) is 2.93. The Morgan fingerprint density at radius 1 is 1.30 bits per heavy atom. The number of halogens is 1. The fraction of sp³-hybridized carbons (Fsp3) is 0.412. The van der Waals surface area contributed by atoms with Crippen LogP contribution in [0.5, 0.6) is 0 Å². The molecule has 1 aromatic heterocycles. The van der Waals surface area contributed by atoms with Crippen molar-refractivity contribution in [2.24, 2.45) is 11.1 Å². The number of amides is 1. The van der Waals surface area contributed by atoms with Crippen molar-refractivity contribution in [3.63, 3.8) is 0 Å². The van der Waals surface area contributed by atoms with Crippen molar-refractivity contribution in [2.75, 3.05) is 19.6 Å². The van der Waals surface area contributed by atoms with Crippen LogP contribution in [0.4, 0.5) is 0 Å². The average Bonchev–Trinajstić information content (AvgIpc) is 3.14. The summed E-state index contributed by atoms with van der Waals surface area (Å²) in [6.45, 7) is 6.29. The summed E-state index contributed by atoms with van der Waals surface area (Å²) in [5, 5.41) is 4.28. The topological polar surface area (TPSA) is 64.2 Å². The van der Waals surface area contributed by atoms with E-state index in [-0.39, 0.29) is 23.7 Å². The molecule has 2 N–H and O–H groups in total. The highest BCUT2D eigenvalue weighted by Gasteiger charge is 2.35. The monoisotopic (exact) mass is 334 g/mol. The van der Waals surface area contributed by atoms with Crippen LogP contribution in [-0.2, 0) is 0 Å². The van der Waals surface area contributed by atoms with E-state index in [0.29, 0.717) is 6.54 Å². The van der Waals surface area contributed by atoms with Crippen molar-refractivity contribution in [2.45, 2.75) is 20.3 Å². The molecule has 1 unspecified atom stereocenters. The lowest BCUT2D eigenvalue weighted by Crippen LogP contribution is -2.34. The Morgan fingerprint density at radius 3 is 2.52 bits per heavy atom. The first kappa shape index (κ1) is 17.5. The van der Waals surface area contributed by atoms with Gasteiger partial charge in [-0.15, -0.1) is 12.4 Å². The minimum atomic E-state index is 0. The number of likely N-dealkylation sites (tertiary alicyclic amines) is 1. The van der Waals surface area contributed by atoms with Gasteiger partial charge in [-0.1, -0.05) is 6.92 Å². The Hall–Kier alpha value is -1.85. The van der Waals surface area contributed by atoms with E-state index in [9.17, 15) is 4.79 Å². The van der Waals surface area contributed by atoms with Crippen LogP contribution < -0.4 is 5.73 Å². The van der Waals surface area contributed by atoms with E-state index in [4.69, 9.17) is 5.73 Å². The van der Waals surface area contributed by atoms with E-state index in [0.717, 1.165) is 36.5 Å². The molecule has 0 bridgehead atoms. The molecule has 1 saturated heterocycles. The maximum Gasteiger partial charge on any atom is 0.253 e. The molecular formula is C17H23ClN4O. The highest BCUT2D eigenvalue weighted by atomic mass is 35.5. The highest BCUT2D eigenvalue weighted by molar-refractivity contribution is 5.94. The number of nitrogens with zero attached hydrogens (tertiary/aromatic N) is 3. The van der Waals surface area contributed by atoms with Gasteiger partial charge >= 0.3 is 0 Å². The molecule has 1 aliphatic rings. The molecule has 1 amide bonds. The average molecular weight is 335 g/mol. The van der Waals surface area contributed by atoms with Crippen molar-refractivity contribution >= 4 is 18.3 Å². The molecule has 1 aliphatic heterocycles. The summed E-state index contributed by atoms with van der Waals surface area (Å²) in [5.41, 5.74) is 8.62. The molecular weight excluding hydrogens is 312 g/mol. The molecule has 124 valence electrons. The molecule has 0 saturated carbocycles. The zero-order valence-electron chi connectivity index (χ0n) is 13.5. The first-order valence-electron chi connectivity index (χ1n) is 7.63. The van der Waals surface area contributed by atoms with E-state index < -0.39 is 0 Å². The quantitative estimate of drug-likeness (QED) is 0.937. The molecule has 2 aromatic rings. The van der Waals surface area contributed by atoms with E-state index in [1.165, 1.54) is 0 Å². The minimum absolute atomic E-state index is 0. The number of aryl methyl sites for hydroxylation is 1. The van der Waals surface area contributed by atoms with Crippen LogP contribution in [0.3, 0.4) is 0 Å². The Balaban J connectivity index is 0.00000192. The normalized spacial score (nSPS) is 20.4. The smallest absolute Gasteiger partial charge is 0.253 e. The third kappa shape index (κ3) is 3.41. The third-order valence-corrected chi connectivity index (χ3v) is 4.53. The molecule has 2 heterocycles. The SMILES string of the molecule is Cc1ccnn1-c1ccc(C(=O)N2CCC(C)(CN)C2)cc1.Cl. The van der Waals surface area contributed by atoms with Crippen LogP contribution in [0.1, 0.15) is 29.4 Å². The summed E-state index contributed by atoms with van der Waals surface area (Å²) in [6, 6.07) is 9.57. The first-order chi connectivity index (χ1) is 10.5. The molecule has 1 aromatic carbocycles. The van der Waals surface area contributed by atoms with E-state index in [1.807, 2.05) is 46.8 Å². The van der Waals surface area contributed by atoms with Crippen LogP contribution in [0.25, 0.3) is 5.69 Å². The molecule has 0 spiro atoms. The Labute approximate surface area is 142 Å². The molecule has 5 nitrogen and oxygen atoms in total. The number of carbonyl (C=O) groups excluding carboxylic acids is 1. The lowest BCUT2D eigenvalue weighted by atomic mass is 9.90. The number of hydrogen-bond donors (Lipinski definition) is 1.